The second kappa shape index (κ2) is 9.09. The first kappa shape index (κ1) is 23.3. The summed E-state index contributed by atoms with van der Waals surface area (Å²) in [6.07, 6.45) is 2.38. The van der Waals surface area contributed by atoms with Gasteiger partial charge in [-0.2, -0.15) is 0 Å². The van der Waals surface area contributed by atoms with Crippen molar-refractivity contribution >= 4 is 37.1 Å². The van der Waals surface area contributed by atoms with Crippen molar-refractivity contribution in [1.29, 1.82) is 0 Å². The van der Waals surface area contributed by atoms with E-state index in [0.29, 0.717) is 6.42 Å². The minimum Gasteiger partial charge on any atom is -0.478 e. The average molecular weight is 393 g/mol. The van der Waals surface area contributed by atoms with E-state index in [2.05, 4.69) is 52.8 Å². The molecule has 0 aromatic carbocycles. The molecule has 0 aromatic heterocycles. The third kappa shape index (κ3) is 10.9. The average Bonchev–Trinajstić information content (AvgIpc) is 2.31. The quantitative estimate of drug-likeness (QED) is 0.346. The molecule has 1 atom stereocenters. The second-order valence-electron chi connectivity index (χ2n) is 7.85. The number of carboxylic acid groups (broad SMARTS) is 1. The summed E-state index contributed by atoms with van der Waals surface area (Å²) in [7, 11) is -5.83. The van der Waals surface area contributed by atoms with Crippen molar-refractivity contribution in [3.05, 3.63) is 12.2 Å². The summed E-state index contributed by atoms with van der Waals surface area (Å²) >= 11 is 0. The predicted molar refractivity (Wildman–Crippen MR) is 102 cm³/mol. The van der Waals surface area contributed by atoms with Crippen LogP contribution in [0.4, 0.5) is 0 Å². The first-order valence-electron chi connectivity index (χ1n) is 8.13. The number of carbonyl (C=O) groups is 2. The van der Waals surface area contributed by atoms with Gasteiger partial charge in [-0.15, -0.1) is 0 Å². The molecule has 0 aliphatic heterocycles. The molecule has 0 amide bonds. The van der Waals surface area contributed by atoms with Crippen molar-refractivity contribution in [1.82, 2.24) is 0 Å². The van der Waals surface area contributed by atoms with Crippen LogP contribution in [0.1, 0.15) is 13.3 Å². The highest BCUT2D eigenvalue weighted by molar-refractivity contribution is 6.87. The Morgan fingerprint density at radius 2 is 1.54 bits per heavy atom. The standard InChI is InChI=1S/C15H32O6Si3/c1-13(11-12-19-15(18)10-9-14(16)17)23(5,6)21-24(7,8)20-22(2,3)4/h9-10,13H,11-12H2,1-8H3,(H,16,17). The Morgan fingerprint density at radius 1 is 1.00 bits per heavy atom. The van der Waals surface area contributed by atoms with Crippen LogP contribution in [0.25, 0.3) is 0 Å². The van der Waals surface area contributed by atoms with Gasteiger partial charge < -0.3 is 18.1 Å². The maximum absolute atomic E-state index is 11.4. The first-order chi connectivity index (χ1) is 10.6. The van der Waals surface area contributed by atoms with Gasteiger partial charge in [0.2, 0.25) is 0 Å². The van der Waals surface area contributed by atoms with Gasteiger partial charge >= 0.3 is 20.5 Å². The molecule has 0 fully saturated rings. The van der Waals surface area contributed by atoms with E-state index in [1.807, 2.05) is 0 Å². The van der Waals surface area contributed by atoms with E-state index < -0.39 is 37.1 Å². The zero-order valence-corrected chi connectivity index (χ0v) is 19.1. The molecule has 0 saturated heterocycles. The van der Waals surface area contributed by atoms with Crippen LogP contribution < -0.4 is 0 Å². The van der Waals surface area contributed by atoms with Gasteiger partial charge in [0.05, 0.1) is 6.61 Å². The third-order valence-electron chi connectivity index (χ3n) is 3.40. The van der Waals surface area contributed by atoms with Crippen molar-refractivity contribution in [3.8, 4) is 0 Å². The summed E-state index contributed by atoms with van der Waals surface area (Å²) < 4.78 is 17.7. The molecule has 9 heteroatoms. The molecule has 0 spiro atoms. The molecular formula is C15H32O6Si3. The van der Waals surface area contributed by atoms with Gasteiger partial charge in [-0.3, -0.25) is 0 Å². The Hall–Kier alpha value is -0.749. The lowest BCUT2D eigenvalue weighted by Gasteiger charge is -2.40. The Morgan fingerprint density at radius 3 is 2.00 bits per heavy atom. The van der Waals surface area contributed by atoms with Crippen molar-refractivity contribution in [2.45, 2.75) is 64.7 Å². The van der Waals surface area contributed by atoms with E-state index in [1.54, 1.807) is 0 Å². The van der Waals surface area contributed by atoms with Crippen LogP contribution in [0.15, 0.2) is 12.2 Å². The fraction of sp³-hybridized carbons (Fsp3) is 0.733. The predicted octanol–water partition coefficient (Wildman–Crippen LogP) is 3.73. The Labute approximate surface area is 148 Å². The van der Waals surface area contributed by atoms with Gasteiger partial charge in [0, 0.05) is 12.2 Å². The number of rotatable bonds is 10. The van der Waals surface area contributed by atoms with Crippen LogP contribution in [-0.2, 0) is 22.6 Å². The van der Waals surface area contributed by atoms with Crippen molar-refractivity contribution in [2.24, 2.45) is 0 Å². The van der Waals surface area contributed by atoms with E-state index in [1.165, 1.54) is 0 Å². The molecule has 0 aliphatic rings. The van der Waals surface area contributed by atoms with Gasteiger partial charge in [-0.25, -0.2) is 9.59 Å². The van der Waals surface area contributed by atoms with Crippen LogP contribution >= 0.6 is 0 Å². The highest BCUT2D eigenvalue weighted by Crippen LogP contribution is 2.30. The summed E-state index contributed by atoms with van der Waals surface area (Å²) in [6.45, 7) is 17.3. The number of hydrogen-bond acceptors (Lipinski definition) is 5. The van der Waals surface area contributed by atoms with Gasteiger partial charge in [0.25, 0.3) is 0 Å². The zero-order valence-electron chi connectivity index (χ0n) is 16.1. The zero-order chi connectivity index (χ0) is 19.2. The number of carbonyl (C=O) groups excluding carboxylic acids is 1. The second-order valence-corrected chi connectivity index (χ2v) is 20.7. The summed E-state index contributed by atoms with van der Waals surface area (Å²) in [4.78, 5) is 21.7. The van der Waals surface area contributed by atoms with Gasteiger partial charge in [-0.1, -0.05) is 6.92 Å². The number of ether oxygens (including phenoxy) is 1. The van der Waals surface area contributed by atoms with Crippen LogP contribution in [0, 0.1) is 0 Å². The van der Waals surface area contributed by atoms with Gasteiger partial charge in [0.15, 0.2) is 16.6 Å². The summed E-state index contributed by atoms with van der Waals surface area (Å²) in [6, 6.07) is 0. The van der Waals surface area contributed by atoms with E-state index in [0.717, 1.165) is 12.2 Å². The van der Waals surface area contributed by atoms with Crippen LogP contribution in [0.5, 0.6) is 0 Å². The highest BCUT2D eigenvalue weighted by atomic mass is 28.5. The lowest BCUT2D eigenvalue weighted by Crippen LogP contribution is -2.52. The van der Waals surface area contributed by atoms with Gasteiger partial charge in [-0.05, 0) is 57.8 Å². The van der Waals surface area contributed by atoms with Crippen LogP contribution in [0.2, 0.25) is 51.4 Å². The molecule has 0 aromatic rings. The SMILES string of the molecule is CC(CCOC(=O)C=CC(=O)O)[Si](C)(C)O[Si](C)(C)O[Si](C)(C)C. The normalized spacial score (nSPS) is 14.7. The van der Waals surface area contributed by atoms with Crippen molar-refractivity contribution < 1.29 is 27.7 Å². The molecule has 0 bridgehead atoms. The smallest absolute Gasteiger partial charge is 0.331 e. The summed E-state index contributed by atoms with van der Waals surface area (Å²) in [5.74, 6) is -1.81. The Bertz CT molecular complexity index is 468. The topological polar surface area (TPSA) is 82.1 Å². The van der Waals surface area contributed by atoms with E-state index in [-0.39, 0.29) is 12.1 Å². The molecule has 140 valence electrons. The maximum Gasteiger partial charge on any atom is 0.331 e. The fourth-order valence-electron chi connectivity index (χ4n) is 2.36. The molecule has 0 radical (unpaired) electrons. The Balaban J connectivity index is 4.49. The van der Waals surface area contributed by atoms with Crippen LogP contribution in [0.3, 0.4) is 0 Å². The van der Waals surface area contributed by atoms with E-state index >= 15 is 0 Å². The number of hydrogen-bond donors (Lipinski definition) is 1. The molecule has 0 heterocycles. The largest absolute Gasteiger partial charge is 0.478 e. The number of carboxylic acids is 1. The lowest BCUT2D eigenvalue weighted by molar-refractivity contribution is -0.138. The van der Waals surface area contributed by atoms with E-state index in [9.17, 15) is 9.59 Å². The summed E-state index contributed by atoms with van der Waals surface area (Å²) in [5, 5.41) is 8.46. The summed E-state index contributed by atoms with van der Waals surface area (Å²) in [5.41, 5.74) is 0.283. The molecule has 0 saturated carbocycles. The molecule has 0 rings (SSSR count). The lowest BCUT2D eigenvalue weighted by atomic mass is 10.3. The Kier molecular flexibility index (Phi) is 8.80. The van der Waals surface area contributed by atoms with E-state index in [4.69, 9.17) is 18.1 Å². The van der Waals surface area contributed by atoms with Crippen molar-refractivity contribution in [3.63, 3.8) is 0 Å². The third-order valence-corrected chi connectivity index (χ3v) is 14.6. The van der Waals surface area contributed by atoms with Gasteiger partial charge in [0.1, 0.15) is 0 Å². The number of aliphatic carboxylic acids is 1. The minimum atomic E-state index is -2.18. The molecular weight excluding hydrogens is 360 g/mol. The molecule has 24 heavy (non-hydrogen) atoms. The molecule has 1 unspecified atom stereocenters. The van der Waals surface area contributed by atoms with Crippen molar-refractivity contribution in [2.75, 3.05) is 6.61 Å². The molecule has 1 N–H and O–H groups in total. The monoisotopic (exact) mass is 392 g/mol. The number of esters is 1. The fourth-order valence-corrected chi connectivity index (χ4v) is 15.5. The minimum absolute atomic E-state index is 0.251. The first-order valence-corrected chi connectivity index (χ1v) is 17.3. The highest BCUT2D eigenvalue weighted by Gasteiger charge is 2.40. The molecule has 6 nitrogen and oxygen atoms in total. The van der Waals surface area contributed by atoms with Crippen LogP contribution in [-0.4, -0.2) is 48.8 Å². The molecule has 0 aliphatic carbocycles. The maximum atomic E-state index is 11.4.